The van der Waals surface area contributed by atoms with Gasteiger partial charge in [-0.2, -0.15) is 5.10 Å². The predicted octanol–water partition coefficient (Wildman–Crippen LogP) is 2.80. The van der Waals surface area contributed by atoms with E-state index in [-0.39, 0.29) is 0 Å². The standard InChI is InChI=1S/C11H22N2/c1-9(2)8-12-13-11-6-4-10(3)5-7-11/h9-10,12H,4-8H2,1-3H3. The minimum atomic E-state index is 0.687. The Balaban J connectivity index is 2.20. The van der Waals surface area contributed by atoms with Gasteiger partial charge < -0.3 is 5.43 Å². The van der Waals surface area contributed by atoms with E-state index in [1.165, 1.54) is 31.4 Å². The minimum Gasteiger partial charge on any atom is -0.310 e. The zero-order chi connectivity index (χ0) is 9.68. The Bertz CT molecular complexity index is 163. The van der Waals surface area contributed by atoms with Gasteiger partial charge in [0.1, 0.15) is 0 Å². The van der Waals surface area contributed by atoms with Crippen molar-refractivity contribution in [3.05, 3.63) is 0 Å². The second-order valence-electron chi connectivity index (χ2n) is 4.62. The summed E-state index contributed by atoms with van der Waals surface area (Å²) in [7, 11) is 0. The summed E-state index contributed by atoms with van der Waals surface area (Å²) in [5.74, 6) is 1.59. The maximum atomic E-state index is 4.42. The number of hydrogen-bond donors (Lipinski definition) is 1. The highest BCUT2D eigenvalue weighted by molar-refractivity contribution is 5.84. The van der Waals surface area contributed by atoms with Crippen LogP contribution in [0.3, 0.4) is 0 Å². The van der Waals surface area contributed by atoms with Crippen LogP contribution in [0.1, 0.15) is 46.5 Å². The Kier molecular flexibility index (Phi) is 4.26. The first-order valence-electron chi connectivity index (χ1n) is 5.46. The van der Waals surface area contributed by atoms with Crippen LogP contribution in [-0.4, -0.2) is 12.3 Å². The Hall–Kier alpha value is -0.530. The maximum Gasteiger partial charge on any atom is 0.0378 e. The summed E-state index contributed by atoms with van der Waals surface area (Å²) in [4.78, 5) is 0. The Morgan fingerprint density at radius 2 is 2.00 bits per heavy atom. The highest BCUT2D eigenvalue weighted by Crippen LogP contribution is 2.20. The van der Waals surface area contributed by atoms with E-state index < -0.39 is 0 Å². The van der Waals surface area contributed by atoms with Crippen molar-refractivity contribution < 1.29 is 0 Å². The van der Waals surface area contributed by atoms with E-state index in [4.69, 9.17) is 0 Å². The molecule has 0 radical (unpaired) electrons. The molecule has 0 amide bonds. The van der Waals surface area contributed by atoms with Crippen molar-refractivity contribution in [3.63, 3.8) is 0 Å². The zero-order valence-corrected chi connectivity index (χ0v) is 9.14. The van der Waals surface area contributed by atoms with Crippen molar-refractivity contribution in [1.29, 1.82) is 0 Å². The summed E-state index contributed by atoms with van der Waals surface area (Å²) in [6, 6.07) is 0. The summed E-state index contributed by atoms with van der Waals surface area (Å²) in [5, 5.41) is 4.42. The second-order valence-corrected chi connectivity index (χ2v) is 4.62. The third-order valence-electron chi connectivity index (χ3n) is 2.59. The molecule has 2 nitrogen and oxygen atoms in total. The summed E-state index contributed by atoms with van der Waals surface area (Å²) in [5.41, 5.74) is 4.53. The lowest BCUT2D eigenvalue weighted by Crippen LogP contribution is -2.19. The number of hydrogen-bond acceptors (Lipinski definition) is 2. The van der Waals surface area contributed by atoms with E-state index >= 15 is 0 Å². The van der Waals surface area contributed by atoms with Gasteiger partial charge in [0.15, 0.2) is 0 Å². The Morgan fingerprint density at radius 1 is 1.38 bits per heavy atom. The number of hydrazone groups is 1. The second kappa shape index (κ2) is 5.25. The van der Waals surface area contributed by atoms with E-state index in [1.54, 1.807) is 0 Å². The van der Waals surface area contributed by atoms with Crippen molar-refractivity contribution in [2.75, 3.05) is 6.54 Å². The van der Waals surface area contributed by atoms with Crippen molar-refractivity contribution in [2.45, 2.75) is 46.5 Å². The maximum absolute atomic E-state index is 4.42. The molecular formula is C11H22N2. The van der Waals surface area contributed by atoms with E-state index in [0.717, 1.165) is 12.5 Å². The van der Waals surface area contributed by atoms with E-state index in [1.807, 2.05) is 0 Å². The van der Waals surface area contributed by atoms with Crippen LogP contribution in [0.2, 0.25) is 0 Å². The van der Waals surface area contributed by atoms with Gasteiger partial charge in [0.2, 0.25) is 0 Å². The van der Waals surface area contributed by atoms with Crippen LogP contribution in [0.15, 0.2) is 5.10 Å². The van der Waals surface area contributed by atoms with Gasteiger partial charge in [-0.25, -0.2) is 0 Å². The molecule has 1 fully saturated rings. The fourth-order valence-electron chi connectivity index (χ4n) is 1.55. The lowest BCUT2D eigenvalue weighted by Gasteiger charge is -2.19. The molecule has 0 aromatic carbocycles. The first-order chi connectivity index (χ1) is 6.18. The van der Waals surface area contributed by atoms with Crippen LogP contribution in [0.5, 0.6) is 0 Å². The summed E-state index contributed by atoms with van der Waals surface area (Å²) in [6.45, 7) is 7.74. The highest BCUT2D eigenvalue weighted by Gasteiger charge is 2.12. The fraction of sp³-hybridized carbons (Fsp3) is 0.909. The lowest BCUT2D eigenvalue weighted by atomic mass is 9.90. The van der Waals surface area contributed by atoms with Gasteiger partial charge in [-0.1, -0.05) is 20.8 Å². The topological polar surface area (TPSA) is 24.4 Å². The molecule has 0 saturated heterocycles. The minimum absolute atomic E-state index is 0.687. The highest BCUT2D eigenvalue weighted by atomic mass is 15.3. The zero-order valence-electron chi connectivity index (χ0n) is 9.14. The Labute approximate surface area is 81.8 Å². The molecular weight excluding hydrogens is 160 g/mol. The lowest BCUT2D eigenvalue weighted by molar-refractivity contribution is 0.478. The molecule has 0 unspecified atom stereocenters. The monoisotopic (exact) mass is 182 g/mol. The average molecular weight is 182 g/mol. The molecule has 0 aromatic rings. The molecule has 1 saturated carbocycles. The number of nitrogens with zero attached hydrogens (tertiary/aromatic N) is 1. The molecule has 13 heavy (non-hydrogen) atoms. The number of rotatable bonds is 3. The van der Waals surface area contributed by atoms with Crippen LogP contribution in [-0.2, 0) is 0 Å². The van der Waals surface area contributed by atoms with Crippen LogP contribution in [0.25, 0.3) is 0 Å². The molecule has 0 spiro atoms. The normalized spacial score (nSPS) is 23.4. The molecule has 76 valence electrons. The van der Waals surface area contributed by atoms with Crippen molar-refractivity contribution >= 4 is 5.71 Å². The molecule has 1 aliphatic rings. The summed E-state index contributed by atoms with van der Waals surface area (Å²) < 4.78 is 0. The van der Waals surface area contributed by atoms with Crippen LogP contribution < -0.4 is 5.43 Å². The van der Waals surface area contributed by atoms with Crippen LogP contribution in [0, 0.1) is 11.8 Å². The van der Waals surface area contributed by atoms with Gasteiger partial charge in [0.25, 0.3) is 0 Å². The molecule has 0 bridgehead atoms. The quantitative estimate of drug-likeness (QED) is 0.667. The smallest absolute Gasteiger partial charge is 0.0378 e. The summed E-state index contributed by atoms with van der Waals surface area (Å²) in [6.07, 6.45) is 5.04. The molecule has 1 aliphatic carbocycles. The van der Waals surface area contributed by atoms with Crippen molar-refractivity contribution in [3.8, 4) is 0 Å². The molecule has 1 rings (SSSR count). The number of nitrogens with one attached hydrogen (secondary N) is 1. The van der Waals surface area contributed by atoms with Gasteiger partial charge in [0, 0.05) is 12.3 Å². The van der Waals surface area contributed by atoms with Gasteiger partial charge in [-0.05, 0) is 37.5 Å². The Morgan fingerprint density at radius 3 is 2.54 bits per heavy atom. The summed E-state index contributed by atoms with van der Waals surface area (Å²) >= 11 is 0. The first kappa shape index (κ1) is 10.6. The predicted molar refractivity (Wildman–Crippen MR) is 57.9 cm³/mol. The third kappa shape index (κ3) is 4.30. The molecule has 2 heteroatoms. The van der Waals surface area contributed by atoms with Crippen molar-refractivity contribution in [1.82, 2.24) is 5.43 Å². The SMILES string of the molecule is CC(C)CNN=C1CCC(C)CC1. The van der Waals surface area contributed by atoms with Gasteiger partial charge in [-0.3, -0.25) is 0 Å². The van der Waals surface area contributed by atoms with Crippen LogP contribution in [0.4, 0.5) is 0 Å². The molecule has 0 aromatic heterocycles. The fourth-order valence-corrected chi connectivity index (χ4v) is 1.55. The van der Waals surface area contributed by atoms with Gasteiger partial charge >= 0.3 is 0 Å². The van der Waals surface area contributed by atoms with Crippen LogP contribution >= 0.6 is 0 Å². The van der Waals surface area contributed by atoms with E-state index in [0.29, 0.717) is 5.92 Å². The van der Waals surface area contributed by atoms with Crippen molar-refractivity contribution in [2.24, 2.45) is 16.9 Å². The molecule has 0 heterocycles. The van der Waals surface area contributed by atoms with Gasteiger partial charge in [0.05, 0.1) is 0 Å². The largest absolute Gasteiger partial charge is 0.310 e. The van der Waals surface area contributed by atoms with Gasteiger partial charge in [-0.15, -0.1) is 0 Å². The van der Waals surface area contributed by atoms with E-state index in [2.05, 4.69) is 31.3 Å². The molecule has 1 N–H and O–H groups in total. The third-order valence-corrected chi connectivity index (χ3v) is 2.59. The molecule has 0 atom stereocenters. The molecule has 0 aliphatic heterocycles. The average Bonchev–Trinajstić information content (AvgIpc) is 2.08. The van der Waals surface area contributed by atoms with E-state index in [9.17, 15) is 0 Å². The first-order valence-corrected chi connectivity index (χ1v) is 5.46.